The summed E-state index contributed by atoms with van der Waals surface area (Å²) in [4.78, 5) is 25.9. The monoisotopic (exact) mass is 292 g/mol. The van der Waals surface area contributed by atoms with Crippen molar-refractivity contribution in [2.45, 2.75) is 24.7 Å². The van der Waals surface area contributed by atoms with E-state index in [0.29, 0.717) is 18.0 Å². The van der Waals surface area contributed by atoms with Crippen molar-refractivity contribution in [2.24, 2.45) is 5.92 Å². The molecule has 0 unspecified atom stereocenters. The smallest absolute Gasteiger partial charge is 0.253 e. The molecule has 1 fully saturated rings. The van der Waals surface area contributed by atoms with Crippen LogP contribution in [0.5, 0.6) is 0 Å². The molecule has 0 aromatic heterocycles. The van der Waals surface area contributed by atoms with Gasteiger partial charge in [0.25, 0.3) is 5.91 Å². The molecule has 0 aliphatic carbocycles. The lowest BCUT2D eigenvalue weighted by Crippen LogP contribution is -2.41. The highest BCUT2D eigenvalue weighted by molar-refractivity contribution is 7.80. The molecule has 1 saturated heterocycles. The van der Waals surface area contributed by atoms with Crippen LogP contribution in [0.3, 0.4) is 0 Å². The van der Waals surface area contributed by atoms with Gasteiger partial charge in [-0.3, -0.25) is 9.59 Å². The lowest BCUT2D eigenvalue weighted by Gasteiger charge is -2.32. The fraction of sp³-hybridized carbons (Fsp3) is 0.467. The third-order valence-electron chi connectivity index (χ3n) is 3.66. The average Bonchev–Trinajstić information content (AvgIpc) is 2.46. The SMILES string of the molecule is CC(=O)NCC1CCN(C(=O)c2ccc(S)cc2)CC1. The number of nitrogens with zero attached hydrogens (tertiary/aromatic N) is 1. The van der Waals surface area contributed by atoms with Crippen molar-refractivity contribution >= 4 is 24.4 Å². The van der Waals surface area contributed by atoms with Crippen LogP contribution >= 0.6 is 12.6 Å². The minimum atomic E-state index is 0.00958. The number of benzene rings is 1. The van der Waals surface area contributed by atoms with E-state index in [1.165, 1.54) is 6.92 Å². The van der Waals surface area contributed by atoms with Gasteiger partial charge in [0, 0.05) is 37.0 Å². The van der Waals surface area contributed by atoms with Crippen LogP contribution in [-0.4, -0.2) is 36.3 Å². The highest BCUT2D eigenvalue weighted by atomic mass is 32.1. The fourth-order valence-electron chi connectivity index (χ4n) is 2.41. The first-order valence-corrected chi connectivity index (χ1v) is 7.33. The van der Waals surface area contributed by atoms with Gasteiger partial charge in [-0.2, -0.15) is 0 Å². The van der Waals surface area contributed by atoms with E-state index in [1.54, 1.807) is 0 Å². The summed E-state index contributed by atoms with van der Waals surface area (Å²) in [6.07, 6.45) is 1.88. The normalized spacial score (nSPS) is 16.0. The topological polar surface area (TPSA) is 49.4 Å². The molecule has 2 amide bonds. The lowest BCUT2D eigenvalue weighted by atomic mass is 9.96. The van der Waals surface area contributed by atoms with Gasteiger partial charge in [0.2, 0.25) is 5.91 Å². The Morgan fingerprint density at radius 1 is 1.25 bits per heavy atom. The summed E-state index contributed by atoms with van der Waals surface area (Å²) in [5, 5.41) is 2.85. The Morgan fingerprint density at radius 3 is 2.40 bits per heavy atom. The Kier molecular flexibility index (Phi) is 5.06. The highest BCUT2D eigenvalue weighted by Crippen LogP contribution is 2.19. The molecular formula is C15H20N2O2S. The minimum Gasteiger partial charge on any atom is -0.356 e. The zero-order chi connectivity index (χ0) is 14.5. The summed E-state index contributed by atoms with van der Waals surface area (Å²) in [5.74, 6) is 0.564. The molecule has 0 bridgehead atoms. The second-order valence-electron chi connectivity index (χ2n) is 5.22. The van der Waals surface area contributed by atoms with Crippen LogP contribution in [-0.2, 0) is 4.79 Å². The number of piperidine rings is 1. The van der Waals surface area contributed by atoms with Crippen molar-refractivity contribution < 1.29 is 9.59 Å². The van der Waals surface area contributed by atoms with Gasteiger partial charge in [-0.05, 0) is 43.0 Å². The molecule has 20 heavy (non-hydrogen) atoms. The van der Waals surface area contributed by atoms with Gasteiger partial charge in [-0.15, -0.1) is 12.6 Å². The van der Waals surface area contributed by atoms with Crippen molar-refractivity contribution in [1.29, 1.82) is 0 Å². The van der Waals surface area contributed by atoms with Crippen molar-refractivity contribution in [3.05, 3.63) is 29.8 Å². The van der Waals surface area contributed by atoms with E-state index in [2.05, 4.69) is 17.9 Å². The summed E-state index contributed by atoms with van der Waals surface area (Å²) >= 11 is 4.22. The largest absolute Gasteiger partial charge is 0.356 e. The average molecular weight is 292 g/mol. The predicted molar refractivity (Wildman–Crippen MR) is 81.0 cm³/mol. The molecule has 4 nitrogen and oxygen atoms in total. The summed E-state index contributed by atoms with van der Waals surface area (Å²) < 4.78 is 0. The number of hydrogen-bond acceptors (Lipinski definition) is 3. The van der Waals surface area contributed by atoms with Gasteiger partial charge in [0.1, 0.15) is 0 Å². The zero-order valence-corrected chi connectivity index (χ0v) is 12.5. The van der Waals surface area contributed by atoms with Crippen molar-refractivity contribution in [3.8, 4) is 0 Å². The molecule has 0 atom stereocenters. The molecule has 1 heterocycles. The van der Waals surface area contributed by atoms with E-state index in [-0.39, 0.29) is 11.8 Å². The first-order chi connectivity index (χ1) is 9.56. The number of nitrogens with one attached hydrogen (secondary N) is 1. The van der Waals surface area contributed by atoms with E-state index in [1.807, 2.05) is 29.2 Å². The summed E-state index contributed by atoms with van der Waals surface area (Å²) in [7, 11) is 0. The van der Waals surface area contributed by atoms with Crippen LogP contribution < -0.4 is 5.32 Å². The molecule has 1 N–H and O–H groups in total. The number of rotatable bonds is 3. The van der Waals surface area contributed by atoms with E-state index in [9.17, 15) is 9.59 Å². The molecule has 1 aliphatic rings. The maximum absolute atomic E-state index is 12.3. The highest BCUT2D eigenvalue weighted by Gasteiger charge is 2.23. The molecule has 1 aromatic rings. The second kappa shape index (κ2) is 6.79. The number of thiol groups is 1. The molecule has 0 saturated carbocycles. The van der Waals surface area contributed by atoms with Gasteiger partial charge in [0.15, 0.2) is 0 Å². The van der Waals surface area contributed by atoms with Crippen molar-refractivity contribution in [1.82, 2.24) is 10.2 Å². The summed E-state index contributed by atoms with van der Waals surface area (Å²) in [6.45, 7) is 3.76. The maximum Gasteiger partial charge on any atom is 0.253 e. The van der Waals surface area contributed by atoms with Crippen LogP contribution in [0.25, 0.3) is 0 Å². The van der Waals surface area contributed by atoms with E-state index in [0.717, 1.165) is 30.8 Å². The molecule has 1 aliphatic heterocycles. The molecular weight excluding hydrogens is 272 g/mol. The van der Waals surface area contributed by atoms with E-state index in [4.69, 9.17) is 0 Å². The maximum atomic E-state index is 12.3. The molecule has 0 spiro atoms. The number of hydrogen-bond donors (Lipinski definition) is 2. The van der Waals surface area contributed by atoms with Crippen LogP contribution in [0.2, 0.25) is 0 Å². The first-order valence-electron chi connectivity index (χ1n) is 6.89. The Hall–Kier alpha value is -1.49. The first kappa shape index (κ1) is 14.9. The Bertz CT molecular complexity index is 479. The molecule has 0 radical (unpaired) electrons. The number of carbonyl (C=O) groups excluding carboxylic acids is 2. The quantitative estimate of drug-likeness (QED) is 0.837. The fourth-order valence-corrected chi connectivity index (χ4v) is 2.56. The van der Waals surface area contributed by atoms with E-state index < -0.39 is 0 Å². The number of amides is 2. The standard InChI is InChI=1S/C15H20N2O2S/c1-11(18)16-10-12-6-8-17(9-7-12)15(19)13-2-4-14(20)5-3-13/h2-5,12,20H,6-10H2,1H3,(H,16,18). The van der Waals surface area contributed by atoms with E-state index >= 15 is 0 Å². The Balaban J connectivity index is 1.85. The van der Waals surface area contributed by atoms with Crippen LogP contribution in [0.15, 0.2) is 29.2 Å². The van der Waals surface area contributed by atoms with Crippen LogP contribution in [0, 0.1) is 5.92 Å². The molecule has 108 valence electrons. The predicted octanol–water partition coefficient (Wildman–Crippen LogP) is 1.96. The van der Waals surface area contributed by atoms with Crippen molar-refractivity contribution in [2.75, 3.05) is 19.6 Å². The minimum absolute atomic E-state index is 0.00958. The van der Waals surface area contributed by atoms with Gasteiger partial charge in [-0.25, -0.2) is 0 Å². The third kappa shape index (κ3) is 4.00. The molecule has 2 rings (SSSR count). The number of likely N-dealkylation sites (tertiary alicyclic amines) is 1. The lowest BCUT2D eigenvalue weighted by molar-refractivity contribution is -0.119. The van der Waals surface area contributed by atoms with Gasteiger partial charge >= 0.3 is 0 Å². The molecule has 1 aromatic carbocycles. The van der Waals surface area contributed by atoms with Crippen LogP contribution in [0.4, 0.5) is 0 Å². The number of carbonyl (C=O) groups is 2. The summed E-state index contributed by atoms with van der Waals surface area (Å²) in [5.41, 5.74) is 0.711. The van der Waals surface area contributed by atoms with Crippen molar-refractivity contribution in [3.63, 3.8) is 0 Å². The Labute approximate surface area is 124 Å². The Morgan fingerprint density at radius 2 is 1.85 bits per heavy atom. The van der Waals surface area contributed by atoms with Gasteiger partial charge in [-0.1, -0.05) is 0 Å². The zero-order valence-electron chi connectivity index (χ0n) is 11.6. The van der Waals surface area contributed by atoms with Crippen LogP contribution in [0.1, 0.15) is 30.1 Å². The van der Waals surface area contributed by atoms with Gasteiger partial charge < -0.3 is 10.2 Å². The second-order valence-corrected chi connectivity index (χ2v) is 5.74. The summed E-state index contributed by atoms with van der Waals surface area (Å²) in [6, 6.07) is 7.29. The third-order valence-corrected chi connectivity index (χ3v) is 3.95. The molecule has 5 heteroatoms. The van der Waals surface area contributed by atoms with Gasteiger partial charge in [0.05, 0.1) is 0 Å².